The molecule has 7 heteroatoms. The number of hydrogen-bond donors (Lipinski definition) is 2. The van der Waals surface area contributed by atoms with Crippen LogP contribution in [-0.2, 0) is 16.0 Å². The Morgan fingerprint density at radius 1 is 1.17 bits per heavy atom. The number of ether oxygens (including phenoxy) is 1. The normalized spacial score (nSPS) is 11.8. The van der Waals surface area contributed by atoms with Crippen molar-refractivity contribution >= 4 is 34.3 Å². The Labute approximate surface area is 174 Å². The minimum atomic E-state index is -0.646. The highest BCUT2D eigenvalue weighted by Crippen LogP contribution is 2.20. The number of nitrogens with zero attached hydrogens (tertiary/aromatic N) is 1. The lowest BCUT2D eigenvalue weighted by atomic mass is 10.0. The molecule has 1 heterocycles. The van der Waals surface area contributed by atoms with Crippen molar-refractivity contribution in [3.05, 3.63) is 65.3 Å². The number of para-hydroxylation sites is 1. The highest BCUT2D eigenvalue weighted by atomic mass is 35.5. The molecule has 2 N–H and O–H groups in total. The third-order valence-electron chi connectivity index (χ3n) is 4.66. The van der Waals surface area contributed by atoms with Crippen LogP contribution in [0.5, 0.6) is 5.75 Å². The van der Waals surface area contributed by atoms with Crippen molar-refractivity contribution in [1.29, 1.82) is 0 Å². The van der Waals surface area contributed by atoms with Gasteiger partial charge < -0.3 is 19.9 Å². The summed E-state index contributed by atoms with van der Waals surface area (Å²) < 4.78 is 5.66. The van der Waals surface area contributed by atoms with E-state index in [1.165, 1.54) is 6.92 Å². The molecule has 0 unspecified atom stereocenters. The van der Waals surface area contributed by atoms with Crippen molar-refractivity contribution in [2.75, 3.05) is 20.2 Å². The molecule has 3 rings (SSSR count). The molecule has 2 aromatic carbocycles. The highest BCUT2D eigenvalue weighted by Gasteiger charge is 2.24. The Bertz CT molecular complexity index is 984. The lowest BCUT2D eigenvalue weighted by Crippen LogP contribution is -2.48. The van der Waals surface area contributed by atoms with E-state index in [0.29, 0.717) is 30.3 Å². The second-order valence-corrected chi connectivity index (χ2v) is 7.32. The van der Waals surface area contributed by atoms with E-state index < -0.39 is 6.04 Å². The van der Waals surface area contributed by atoms with Gasteiger partial charge in [0.05, 0.1) is 6.54 Å². The van der Waals surface area contributed by atoms with Crippen molar-refractivity contribution < 1.29 is 14.3 Å². The zero-order valence-corrected chi connectivity index (χ0v) is 17.2. The van der Waals surface area contributed by atoms with Crippen LogP contribution in [0, 0.1) is 0 Å². The predicted octanol–water partition coefficient (Wildman–Crippen LogP) is 3.41. The first kappa shape index (κ1) is 20.7. The molecule has 0 radical (unpaired) electrons. The first-order valence-corrected chi connectivity index (χ1v) is 9.77. The molecule has 6 nitrogen and oxygen atoms in total. The number of benzene rings is 2. The van der Waals surface area contributed by atoms with E-state index in [0.717, 1.165) is 16.5 Å². The number of likely N-dealkylation sites (N-methyl/N-ethyl adjacent to an activating group) is 1. The van der Waals surface area contributed by atoms with E-state index in [-0.39, 0.29) is 11.8 Å². The van der Waals surface area contributed by atoms with Crippen LogP contribution >= 0.6 is 11.6 Å². The van der Waals surface area contributed by atoms with Gasteiger partial charge in [-0.3, -0.25) is 9.59 Å². The van der Waals surface area contributed by atoms with Crippen LogP contribution in [0.2, 0.25) is 5.02 Å². The van der Waals surface area contributed by atoms with Crippen LogP contribution < -0.4 is 10.1 Å². The van der Waals surface area contributed by atoms with Crippen LogP contribution in [0.15, 0.2) is 54.7 Å². The molecular formula is C22H24ClN3O3. The quantitative estimate of drug-likeness (QED) is 0.594. The van der Waals surface area contributed by atoms with E-state index in [4.69, 9.17) is 16.3 Å². The molecule has 0 bridgehead atoms. The van der Waals surface area contributed by atoms with Gasteiger partial charge in [0.25, 0.3) is 0 Å². The van der Waals surface area contributed by atoms with Crippen molar-refractivity contribution in [3.63, 3.8) is 0 Å². The third-order valence-corrected chi connectivity index (χ3v) is 4.91. The Kier molecular flexibility index (Phi) is 6.77. The number of carbonyl (C=O) groups excluding carboxylic acids is 2. The number of aromatic nitrogens is 1. The van der Waals surface area contributed by atoms with Crippen LogP contribution in [0.3, 0.4) is 0 Å². The van der Waals surface area contributed by atoms with Crippen molar-refractivity contribution in [2.24, 2.45) is 0 Å². The molecule has 3 aromatic rings. The summed E-state index contributed by atoms with van der Waals surface area (Å²) in [6.07, 6.45) is 2.29. The number of H-pyrrole nitrogens is 1. The van der Waals surface area contributed by atoms with E-state index in [2.05, 4.69) is 10.3 Å². The molecular weight excluding hydrogens is 390 g/mol. The first-order valence-electron chi connectivity index (χ1n) is 9.39. The zero-order chi connectivity index (χ0) is 20.8. The lowest BCUT2D eigenvalue weighted by Gasteiger charge is -2.24. The lowest BCUT2D eigenvalue weighted by molar-refractivity contribution is -0.135. The van der Waals surface area contributed by atoms with Gasteiger partial charge in [-0.15, -0.1) is 0 Å². The first-order chi connectivity index (χ1) is 13.9. The minimum Gasteiger partial charge on any atom is -0.492 e. The minimum absolute atomic E-state index is 0.162. The fourth-order valence-corrected chi connectivity index (χ4v) is 3.30. The number of rotatable bonds is 8. The van der Waals surface area contributed by atoms with Crippen LogP contribution in [0.4, 0.5) is 0 Å². The SMILES string of the molecule is CC(=O)N[C@@H](Cc1c[nH]c2ccccc12)C(=O)N(C)CCOc1ccc(Cl)cc1. The highest BCUT2D eigenvalue weighted by molar-refractivity contribution is 6.30. The largest absolute Gasteiger partial charge is 0.492 e. The summed E-state index contributed by atoms with van der Waals surface area (Å²) in [6.45, 7) is 2.15. The fraction of sp³-hybridized carbons (Fsp3) is 0.273. The molecule has 0 fully saturated rings. The van der Waals surface area contributed by atoms with Gasteiger partial charge in [0, 0.05) is 42.5 Å². The number of fused-ring (bicyclic) bond motifs is 1. The average molecular weight is 414 g/mol. The van der Waals surface area contributed by atoms with E-state index in [1.54, 1.807) is 36.2 Å². The Morgan fingerprint density at radius 2 is 1.90 bits per heavy atom. The van der Waals surface area contributed by atoms with Gasteiger partial charge in [0.2, 0.25) is 11.8 Å². The number of nitrogens with one attached hydrogen (secondary N) is 2. The monoisotopic (exact) mass is 413 g/mol. The summed E-state index contributed by atoms with van der Waals surface area (Å²) in [5.74, 6) is 0.284. The maximum Gasteiger partial charge on any atom is 0.245 e. The Hall–Kier alpha value is -2.99. The van der Waals surface area contributed by atoms with Gasteiger partial charge in [0.15, 0.2) is 0 Å². The molecule has 1 aromatic heterocycles. The van der Waals surface area contributed by atoms with E-state index >= 15 is 0 Å². The Morgan fingerprint density at radius 3 is 2.62 bits per heavy atom. The molecule has 0 saturated carbocycles. The predicted molar refractivity (Wildman–Crippen MR) is 114 cm³/mol. The fourth-order valence-electron chi connectivity index (χ4n) is 3.17. The summed E-state index contributed by atoms with van der Waals surface area (Å²) in [5.41, 5.74) is 1.99. The number of aromatic amines is 1. The Balaban J connectivity index is 1.63. The molecule has 0 aliphatic carbocycles. The second kappa shape index (κ2) is 9.47. The van der Waals surface area contributed by atoms with Crippen molar-refractivity contribution in [2.45, 2.75) is 19.4 Å². The zero-order valence-electron chi connectivity index (χ0n) is 16.4. The molecule has 29 heavy (non-hydrogen) atoms. The summed E-state index contributed by atoms with van der Waals surface area (Å²) in [7, 11) is 1.71. The second-order valence-electron chi connectivity index (χ2n) is 6.88. The summed E-state index contributed by atoms with van der Waals surface area (Å²) in [4.78, 5) is 29.4. The standard InChI is InChI=1S/C22H24ClN3O3/c1-15(27)25-21(13-16-14-24-20-6-4-3-5-19(16)20)22(28)26(2)11-12-29-18-9-7-17(23)8-10-18/h3-10,14,21,24H,11-13H2,1-2H3,(H,25,27)/t21-/m0/s1. The third kappa shape index (κ3) is 5.51. The van der Waals surface area contributed by atoms with Gasteiger partial charge in [-0.05, 0) is 35.9 Å². The van der Waals surface area contributed by atoms with Gasteiger partial charge >= 0.3 is 0 Å². The summed E-state index contributed by atoms with van der Waals surface area (Å²) >= 11 is 5.86. The number of hydrogen-bond acceptors (Lipinski definition) is 3. The molecule has 0 aliphatic rings. The molecule has 0 aliphatic heterocycles. The molecule has 0 saturated heterocycles. The van der Waals surface area contributed by atoms with Crippen LogP contribution in [0.25, 0.3) is 10.9 Å². The average Bonchev–Trinajstić information content (AvgIpc) is 3.11. The topological polar surface area (TPSA) is 74.4 Å². The van der Waals surface area contributed by atoms with Gasteiger partial charge in [-0.2, -0.15) is 0 Å². The smallest absolute Gasteiger partial charge is 0.245 e. The summed E-state index contributed by atoms with van der Waals surface area (Å²) in [5, 5.41) is 4.46. The number of carbonyl (C=O) groups is 2. The maximum absolute atomic E-state index is 13.0. The van der Waals surface area contributed by atoms with E-state index in [9.17, 15) is 9.59 Å². The van der Waals surface area contributed by atoms with Crippen molar-refractivity contribution in [1.82, 2.24) is 15.2 Å². The van der Waals surface area contributed by atoms with Gasteiger partial charge in [0.1, 0.15) is 18.4 Å². The molecule has 2 amide bonds. The molecule has 0 spiro atoms. The van der Waals surface area contributed by atoms with Crippen molar-refractivity contribution in [3.8, 4) is 5.75 Å². The van der Waals surface area contributed by atoms with Gasteiger partial charge in [-0.25, -0.2) is 0 Å². The van der Waals surface area contributed by atoms with E-state index in [1.807, 2.05) is 30.5 Å². The molecule has 1 atom stereocenters. The summed E-state index contributed by atoms with van der Waals surface area (Å²) in [6, 6.07) is 14.3. The molecule has 152 valence electrons. The maximum atomic E-state index is 13.0. The van der Waals surface area contributed by atoms with Gasteiger partial charge in [-0.1, -0.05) is 29.8 Å². The van der Waals surface area contributed by atoms with Crippen LogP contribution in [-0.4, -0.2) is 47.9 Å². The number of amides is 2. The number of halogens is 1. The van der Waals surface area contributed by atoms with Crippen LogP contribution in [0.1, 0.15) is 12.5 Å².